The van der Waals surface area contributed by atoms with E-state index in [2.05, 4.69) is 16.8 Å². The third kappa shape index (κ3) is 2.68. The molecule has 2 saturated heterocycles. The summed E-state index contributed by atoms with van der Waals surface area (Å²) in [6.45, 7) is 5.62. The van der Waals surface area contributed by atoms with Crippen molar-refractivity contribution in [2.45, 2.75) is 6.10 Å². The molecule has 2 heterocycles. The predicted molar refractivity (Wildman–Crippen MR) is 57.4 cm³/mol. The highest BCUT2D eigenvalue weighted by Gasteiger charge is 2.26. The van der Waals surface area contributed by atoms with Crippen LogP contribution in [0.1, 0.15) is 0 Å². The Morgan fingerprint density at radius 2 is 1.93 bits per heavy atom. The first-order valence-electron chi connectivity index (χ1n) is 5.48. The van der Waals surface area contributed by atoms with Crippen molar-refractivity contribution in [3.05, 3.63) is 0 Å². The van der Waals surface area contributed by atoms with Crippen LogP contribution in [-0.4, -0.2) is 74.8 Å². The van der Waals surface area contributed by atoms with Crippen molar-refractivity contribution in [3.8, 4) is 0 Å². The van der Waals surface area contributed by atoms with Crippen LogP contribution in [0, 0.1) is 5.41 Å². The number of nitrogens with one attached hydrogen (secondary N) is 1. The zero-order valence-corrected chi connectivity index (χ0v) is 9.24. The standard InChI is InChI=1S/C10H19N3O2/c1-12-2-7-15-9(8-12)10(11)13-3-5-14-6-4-13/h9,11H,2-8H2,1H3. The van der Waals surface area contributed by atoms with E-state index in [1.54, 1.807) is 0 Å². The summed E-state index contributed by atoms with van der Waals surface area (Å²) in [6.07, 6.45) is -0.0538. The van der Waals surface area contributed by atoms with Crippen molar-refractivity contribution >= 4 is 5.84 Å². The van der Waals surface area contributed by atoms with E-state index < -0.39 is 0 Å². The van der Waals surface area contributed by atoms with Crippen molar-refractivity contribution in [1.29, 1.82) is 5.41 Å². The molecule has 5 nitrogen and oxygen atoms in total. The molecule has 15 heavy (non-hydrogen) atoms. The first kappa shape index (κ1) is 10.9. The first-order valence-corrected chi connectivity index (χ1v) is 5.48. The van der Waals surface area contributed by atoms with Crippen LogP contribution in [0.4, 0.5) is 0 Å². The summed E-state index contributed by atoms with van der Waals surface area (Å²) in [5.41, 5.74) is 0. The molecule has 0 aromatic carbocycles. The van der Waals surface area contributed by atoms with Gasteiger partial charge in [0.1, 0.15) is 11.9 Å². The maximum Gasteiger partial charge on any atom is 0.127 e. The lowest BCUT2D eigenvalue weighted by atomic mass is 10.2. The third-order valence-electron chi connectivity index (χ3n) is 2.93. The fourth-order valence-corrected chi connectivity index (χ4v) is 1.95. The summed E-state index contributed by atoms with van der Waals surface area (Å²) >= 11 is 0. The lowest BCUT2D eigenvalue weighted by Crippen LogP contribution is -2.52. The lowest BCUT2D eigenvalue weighted by molar-refractivity contribution is 0.00340. The fraction of sp³-hybridized carbons (Fsp3) is 0.900. The zero-order valence-electron chi connectivity index (χ0n) is 9.24. The van der Waals surface area contributed by atoms with E-state index in [0.717, 1.165) is 46.0 Å². The summed E-state index contributed by atoms with van der Waals surface area (Å²) in [7, 11) is 2.07. The maximum absolute atomic E-state index is 8.09. The Balaban J connectivity index is 1.88. The van der Waals surface area contributed by atoms with Gasteiger partial charge >= 0.3 is 0 Å². The van der Waals surface area contributed by atoms with Crippen LogP contribution < -0.4 is 0 Å². The highest BCUT2D eigenvalue weighted by Crippen LogP contribution is 2.08. The monoisotopic (exact) mass is 213 g/mol. The molecule has 2 rings (SSSR count). The van der Waals surface area contributed by atoms with Gasteiger partial charge in [0.05, 0.1) is 19.8 Å². The van der Waals surface area contributed by atoms with Crippen molar-refractivity contribution in [2.24, 2.45) is 0 Å². The molecule has 1 N–H and O–H groups in total. The topological polar surface area (TPSA) is 48.8 Å². The Bertz CT molecular complexity index is 229. The van der Waals surface area contributed by atoms with E-state index in [4.69, 9.17) is 14.9 Å². The van der Waals surface area contributed by atoms with Crippen LogP contribution in [0.15, 0.2) is 0 Å². The van der Waals surface area contributed by atoms with Crippen LogP contribution in [-0.2, 0) is 9.47 Å². The van der Waals surface area contributed by atoms with E-state index in [-0.39, 0.29) is 6.10 Å². The van der Waals surface area contributed by atoms with Crippen molar-refractivity contribution in [3.63, 3.8) is 0 Å². The number of nitrogens with zero attached hydrogens (tertiary/aromatic N) is 2. The largest absolute Gasteiger partial charge is 0.378 e. The summed E-state index contributed by atoms with van der Waals surface area (Å²) < 4.78 is 10.9. The summed E-state index contributed by atoms with van der Waals surface area (Å²) in [6, 6.07) is 0. The van der Waals surface area contributed by atoms with Crippen LogP contribution >= 0.6 is 0 Å². The molecule has 0 aromatic heterocycles. The molecule has 0 bridgehead atoms. The van der Waals surface area contributed by atoms with Crippen molar-refractivity contribution in [1.82, 2.24) is 9.80 Å². The normalized spacial score (nSPS) is 29.1. The summed E-state index contributed by atoms with van der Waals surface area (Å²) in [4.78, 5) is 4.27. The Labute approximate surface area is 90.4 Å². The molecule has 2 fully saturated rings. The molecule has 0 spiro atoms. The Kier molecular flexibility index (Phi) is 3.56. The number of morpholine rings is 2. The van der Waals surface area contributed by atoms with Crippen LogP contribution in [0.3, 0.4) is 0 Å². The molecule has 2 aliphatic heterocycles. The molecule has 0 radical (unpaired) electrons. The maximum atomic E-state index is 8.09. The minimum atomic E-state index is -0.0538. The SMILES string of the molecule is CN1CCOC(C(=N)N2CCOCC2)C1. The molecule has 1 atom stereocenters. The number of ether oxygens (including phenoxy) is 2. The molecule has 0 aromatic rings. The number of amidine groups is 1. The Morgan fingerprint density at radius 1 is 1.20 bits per heavy atom. The number of likely N-dealkylation sites (N-methyl/N-ethyl adjacent to an activating group) is 1. The molecule has 0 aliphatic carbocycles. The van der Waals surface area contributed by atoms with Gasteiger partial charge in [-0.05, 0) is 7.05 Å². The van der Waals surface area contributed by atoms with Gasteiger partial charge in [-0.15, -0.1) is 0 Å². The fourth-order valence-electron chi connectivity index (χ4n) is 1.95. The van der Waals surface area contributed by atoms with Gasteiger partial charge in [-0.3, -0.25) is 5.41 Å². The second-order valence-corrected chi connectivity index (χ2v) is 4.11. The van der Waals surface area contributed by atoms with Gasteiger partial charge < -0.3 is 19.3 Å². The van der Waals surface area contributed by atoms with E-state index in [0.29, 0.717) is 5.84 Å². The Morgan fingerprint density at radius 3 is 2.60 bits per heavy atom. The summed E-state index contributed by atoms with van der Waals surface area (Å²) in [5, 5.41) is 8.09. The van der Waals surface area contributed by atoms with E-state index >= 15 is 0 Å². The highest BCUT2D eigenvalue weighted by atomic mass is 16.5. The molecule has 86 valence electrons. The van der Waals surface area contributed by atoms with Crippen molar-refractivity contribution < 1.29 is 9.47 Å². The van der Waals surface area contributed by atoms with Gasteiger partial charge in [-0.1, -0.05) is 0 Å². The lowest BCUT2D eigenvalue weighted by Gasteiger charge is -2.36. The highest BCUT2D eigenvalue weighted by molar-refractivity contribution is 5.84. The van der Waals surface area contributed by atoms with E-state index in [9.17, 15) is 0 Å². The zero-order chi connectivity index (χ0) is 10.7. The Hall–Kier alpha value is -0.650. The smallest absolute Gasteiger partial charge is 0.127 e. The van der Waals surface area contributed by atoms with E-state index in [1.807, 2.05) is 0 Å². The van der Waals surface area contributed by atoms with Gasteiger partial charge in [0.2, 0.25) is 0 Å². The van der Waals surface area contributed by atoms with Crippen LogP contribution in [0.25, 0.3) is 0 Å². The molecule has 0 amide bonds. The molecule has 2 aliphatic rings. The molecule has 5 heteroatoms. The molecular weight excluding hydrogens is 194 g/mol. The molecule has 1 unspecified atom stereocenters. The van der Waals surface area contributed by atoms with Gasteiger partial charge in [-0.2, -0.15) is 0 Å². The quantitative estimate of drug-likeness (QED) is 0.477. The van der Waals surface area contributed by atoms with Gasteiger partial charge in [0.25, 0.3) is 0 Å². The van der Waals surface area contributed by atoms with Gasteiger partial charge in [0, 0.05) is 26.2 Å². The van der Waals surface area contributed by atoms with E-state index in [1.165, 1.54) is 0 Å². The molecule has 0 saturated carbocycles. The second-order valence-electron chi connectivity index (χ2n) is 4.11. The van der Waals surface area contributed by atoms with Gasteiger partial charge in [-0.25, -0.2) is 0 Å². The number of rotatable bonds is 1. The average molecular weight is 213 g/mol. The first-order chi connectivity index (χ1) is 7.27. The third-order valence-corrected chi connectivity index (χ3v) is 2.93. The number of hydrogen-bond acceptors (Lipinski definition) is 4. The summed E-state index contributed by atoms with van der Waals surface area (Å²) in [5.74, 6) is 0.616. The second kappa shape index (κ2) is 4.92. The minimum Gasteiger partial charge on any atom is -0.378 e. The predicted octanol–water partition coefficient (Wildman–Crippen LogP) is -0.374. The average Bonchev–Trinajstić information content (AvgIpc) is 2.29. The van der Waals surface area contributed by atoms with Crippen molar-refractivity contribution in [2.75, 3.05) is 53.0 Å². The van der Waals surface area contributed by atoms with Gasteiger partial charge in [0.15, 0.2) is 0 Å². The number of hydrogen-bond donors (Lipinski definition) is 1. The van der Waals surface area contributed by atoms with Crippen LogP contribution in [0.2, 0.25) is 0 Å². The van der Waals surface area contributed by atoms with Crippen LogP contribution in [0.5, 0.6) is 0 Å². The molecular formula is C10H19N3O2. The minimum absolute atomic E-state index is 0.0538.